The second-order valence-electron chi connectivity index (χ2n) is 10.8. The molecule has 0 heterocycles. The molecule has 0 spiro atoms. The van der Waals surface area contributed by atoms with Crippen LogP contribution in [0.15, 0.2) is 97.1 Å². The van der Waals surface area contributed by atoms with Gasteiger partial charge in [-0.25, -0.2) is 0 Å². The Balaban J connectivity index is 0.000000186. The van der Waals surface area contributed by atoms with Gasteiger partial charge in [-0.1, -0.05) is 113 Å². The molecule has 2 heteroatoms. The Kier molecular flexibility index (Phi) is 11.8. The van der Waals surface area contributed by atoms with Crippen LogP contribution < -0.4 is 5.30 Å². The summed E-state index contributed by atoms with van der Waals surface area (Å²) in [5, 5.41) is 4.67. The average Bonchev–Trinajstić information content (AvgIpc) is 3.38. The maximum atomic E-state index is 2.55. The number of rotatable bonds is 6. The van der Waals surface area contributed by atoms with E-state index in [-0.39, 0.29) is 34.1 Å². The summed E-state index contributed by atoms with van der Waals surface area (Å²) in [5.74, 6) is 0. The molecule has 0 aliphatic heterocycles. The van der Waals surface area contributed by atoms with Crippen molar-refractivity contribution in [1.29, 1.82) is 0 Å². The van der Waals surface area contributed by atoms with Gasteiger partial charge in [0.25, 0.3) is 0 Å². The van der Waals surface area contributed by atoms with Crippen LogP contribution in [0.5, 0.6) is 0 Å². The van der Waals surface area contributed by atoms with E-state index in [4.69, 9.17) is 0 Å². The van der Waals surface area contributed by atoms with Crippen LogP contribution in [-0.4, -0.2) is 11.3 Å². The van der Waals surface area contributed by atoms with E-state index in [1.54, 1.807) is 5.30 Å². The molecule has 192 valence electrons. The van der Waals surface area contributed by atoms with Crippen LogP contribution in [-0.2, 0) is 39.0 Å². The van der Waals surface area contributed by atoms with Crippen molar-refractivity contribution in [1.82, 2.24) is 0 Å². The first-order valence-corrected chi connectivity index (χ1v) is 15.9. The summed E-state index contributed by atoms with van der Waals surface area (Å²) in [6.07, 6.45) is 17.2. The van der Waals surface area contributed by atoms with Gasteiger partial charge in [-0.2, -0.15) is 6.07 Å². The molecule has 6 rings (SSSR count). The summed E-state index contributed by atoms with van der Waals surface area (Å²) in [6.45, 7) is 0. The third-order valence-electron chi connectivity index (χ3n) is 8.23. The van der Waals surface area contributed by atoms with Gasteiger partial charge in [-0.3, -0.25) is 0 Å². The minimum absolute atomic E-state index is 0. The summed E-state index contributed by atoms with van der Waals surface area (Å²) >= 11 is 0. The second kappa shape index (κ2) is 15.2. The van der Waals surface area contributed by atoms with Gasteiger partial charge in [-0.05, 0) is 61.0 Å². The van der Waals surface area contributed by atoms with E-state index < -0.39 is 0 Å². The zero-order valence-corrected chi connectivity index (χ0v) is 25.7. The molecule has 0 N–H and O–H groups in total. The average molecular weight is 585 g/mol. The molecular formula is C35H42PZr-. The van der Waals surface area contributed by atoms with Gasteiger partial charge in [0.1, 0.15) is 0 Å². The van der Waals surface area contributed by atoms with Crippen LogP contribution in [0.1, 0.15) is 75.3 Å². The Morgan fingerprint density at radius 2 is 1.03 bits per heavy atom. The molecule has 2 saturated carbocycles. The Hall–Kier alpha value is -1.42. The first-order chi connectivity index (χ1) is 17.9. The minimum atomic E-state index is 0. The van der Waals surface area contributed by atoms with Gasteiger partial charge in [0, 0.05) is 26.2 Å². The van der Waals surface area contributed by atoms with Gasteiger partial charge >= 0.3 is 0 Å². The Bertz CT molecular complexity index is 1060. The standard InChI is InChI=1S/C21H28P.C14H14.Zr/c1-3-11-19(12-4-1)22(20-13-5-2-6-14-20)21-15-17-9-7-8-10-18(17)16-21;1-3-7-13(8-4-1)11-12-14-9-5-2-6-10-14;/h7-10,15-16,19-20H,1-6,11-14H2;1-10H,11-12H2;/q-1;;. The van der Waals surface area contributed by atoms with Crippen molar-refractivity contribution in [2.24, 2.45) is 0 Å². The molecule has 0 nitrogen and oxygen atoms in total. The zero-order valence-electron chi connectivity index (χ0n) is 22.3. The van der Waals surface area contributed by atoms with E-state index in [2.05, 4.69) is 97.1 Å². The van der Waals surface area contributed by atoms with E-state index in [0.29, 0.717) is 0 Å². The largest absolute Gasteiger partial charge is 0.161 e. The summed E-state index contributed by atoms with van der Waals surface area (Å²) in [6, 6.07) is 35.3. The Morgan fingerprint density at radius 1 is 0.568 bits per heavy atom. The SMILES string of the molecule is [Zr].c1ccc(CCc2ccccc2)cc1.c1ccc2[cH-]c(P(C3CCCCC3)C3CCCCC3)cc2c1. The molecule has 0 unspecified atom stereocenters. The fraction of sp³-hybridized carbons (Fsp3) is 0.400. The maximum Gasteiger partial charge on any atom is 0 e. The fourth-order valence-corrected chi connectivity index (χ4v) is 10.2. The first-order valence-electron chi connectivity index (χ1n) is 14.4. The van der Waals surface area contributed by atoms with Crippen molar-refractivity contribution in [3.05, 3.63) is 108 Å². The first kappa shape index (κ1) is 28.6. The molecule has 37 heavy (non-hydrogen) atoms. The monoisotopic (exact) mass is 583 g/mol. The van der Waals surface area contributed by atoms with Gasteiger partial charge < -0.3 is 0 Å². The van der Waals surface area contributed by atoms with Crippen LogP contribution in [0.3, 0.4) is 0 Å². The number of aryl methyl sites for hydroxylation is 2. The Morgan fingerprint density at radius 3 is 1.51 bits per heavy atom. The minimum Gasteiger partial charge on any atom is -0.161 e. The number of hydrogen-bond acceptors (Lipinski definition) is 0. The molecule has 2 aliphatic rings. The molecule has 0 radical (unpaired) electrons. The molecular weight excluding hydrogens is 543 g/mol. The van der Waals surface area contributed by atoms with Crippen molar-refractivity contribution in [2.45, 2.75) is 88.4 Å². The van der Waals surface area contributed by atoms with Crippen LogP contribution in [0.4, 0.5) is 0 Å². The van der Waals surface area contributed by atoms with Crippen molar-refractivity contribution < 1.29 is 26.2 Å². The van der Waals surface area contributed by atoms with Crippen LogP contribution in [0.25, 0.3) is 10.8 Å². The van der Waals surface area contributed by atoms with Gasteiger partial charge in [-0.15, -0.1) is 40.3 Å². The molecule has 0 saturated heterocycles. The molecule has 0 atom stereocenters. The Labute approximate surface area is 245 Å². The van der Waals surface area contributed by atoms with Crippen LogP contribution >= 0.6 is 7.92 Å². The third kappa shape index (κ3) is 8.28. The molecule has 0 amide bonds. The van der Waals surface area contributed by atoms with Gasteiger partial charge in [0.05, 0.1) is 0 Å². The molecule has 2 fully saturated rings. The second-order valence-corrected chi connectivity index (χ2v) is 13.6. The molecule has 0 aromatic heterocycles. The fourth-order valence-electron chi connectivity index (χ4n) is 6.30. The topological polar surface area (TPSA) is 0 Å². The number of fused-ring (bicyclic) bond motifs is 1. The predicted molar refractivity (Wildman–Crippen MR) is 160 cm³/mol. The van der Waals surface area contributed by atoms with E-state index in [1.165, 1.54) is 86.1 Å². The molecule has 2 aliphatic carbocycles. The summed E-state index contributed by atoms with van der Waals surface area (Å²) < 4.78 is 0. The third-order valence-corrected chi connectivity index (χ3v) is 11.7. The molecule has 4 aromatic rings. The zero-order chi connectivity index (χ0) is 24.4. The summed E-state index contributed by atoms with van der Waals surface area (Å²) in [5.41, 5.74) is 4.86. The maximum absolute atomic E-state index is 2.55. The van der Waals surface area contributed by atoms with Gasteiger partial charge in [0.15, 0.2) is 0 Å². The van der Waals surface area contributed by atoms with E-state index in [9.17, 15) is 0 Å². The van der Waals surface area contributed by atoms with E-state index in [1.807, 2.05) is 0 Å². The summed E-state index contributed by atoms with van der Waals surface area (Å²) in [7, 11) is 0.0611. The smallest absolute Gasteiger partial charge is 0 e. The molecule has 0 bridgehead atoms. The van der Waals surface area contributed by atoms with Crippen molar-refractivity contribution in [3.63, 3.8) is 0 Å². The van der Waals surface area contributed by atoms with Crippen molar-refractivity contribution in [2.75, 3.05) is 0 Å². The number of hydrogen-bond donors (Lipinski definition) is 0. The van der Waals surface area contributed by atoms with E-state index in [0.717, 1.165) is 24.2 Å². The normalized spacial score (nSPS) is 16.7. The van der Waals surface area contributed by atoms with Crippen LogP contribution in [0, 0.1) is 0 Å². The number of benzene rings is 3. The summed E-state index contributed by atoms with van der Waals surface area (Å²) in [4.78, 5) is 0. The van der Waals surface area contributed by atoms with Gasteiger partial charge in [0.2, 0.25) is 0 Å². The van der Waals surface area contributed by atoms with Crippen molar-refractivity contribution >= 4 is 24.0 Å². The quantitative estimate of drug-likeness (QED) is 0.156. The molecule has 4 aromatic carbocycles. The predicted octanol–water partition coefficient (Wildman–Crippen LogP) is 9.80. The van der Waals surface area contributed by atoms with Crippen LogP contribution in [0.2, 0.25) is 0 Å². The van der Waals surface area contributed by atoms with E-state index >= 15 is 0 Å². The van der Waals surface area contributed by atoms with Crippen molar-refractivity contribution in [3.8, 4) is 0 Å².